The van der Waals surface area contributed by atoms with E-state index in [0.29, 0.717) is 17.5 Å². The molecule has 0 saturated carbocycles. The number of carbonyl (C=O) groups is 1. The van der Waals surface area contributed by atoms with Crippen molar-refractivity contribution in [3.05, 3.63) is 47.6 Å². The summed E-state index contributed by atoms with van der Waals surface area (Å²) in [4.78, 5) is 11.8. The van der Waals surface area contributed by atoms with Crippen molar-refractivity contribution in [2.45, 2.75) is 26.3 Å². The van der Waals surface area contributed by atoms with Crippen LogP contribution in [0, 0.1) is 11.3 Å². The quantitative estimate of drug-likeness (QED) is 0.490. The third-order valence-corrected chi connectivity index (χ3v) is 2.56. The minimum absolute atomic E-state index is 0.0320. The number of aromatic hydroxyl groups is 1. The maximum Gasteiger partial charge on any atom is 0.262 e. The van der Waals surface area contributed by atoms with E-state index >= 15 is 0 Å². The Balaban J connectivity index is 3.07. The lowest BCUT2D eigenvalue weighted by Crippen LogP contribution is -2.30. The molecule has 4 nitrogen and oxygen atoms in total. The fourth-order valence-electron chi connectivity index (χ4n) is 1.67. The van der Waals surface area contributed by atoms with E-state index in [2.05, 4.69) is 11.9 Å². The molecule has 1 aromatic carbocycles. The van der Waals surface area contributed by atoms with Crippen molar-refractivity contribution in [2.24, 2.45) is 0 Å². The van der Waals surface area contributed by atoms with Gasteiger partial charge in [0.1, 0.15) is 17.4 Å². The number of amides is 1. The van der Waals surface area contributed by atoms with Crippen LogP contribution in [-0.4, -0.2) is 17.1 Å². The van der Waals surface area contributed by atoms with E-state index in [1.165, 1.54) is 6.08 Å². The van der Waals surface area contributed by atoms with Crippen molar-refractivity contribution in [3.63, 3.8) is 0 Å². The minimum Gasteiger partial charge on any atom is -0.508 e. The van der Waals surface area contributed by atoms with Gasteiger partial charge in [0.2, 0.25) is 0 Å². The molecule has 1 rings (SSSR count). The zero-order valence-corrected chi connectivity index (χ0v) is 11.7. The summed E-state index contributed by atoms with van der Waals surface area (Å²) in [7, 11) is 0. The van der Waals surface area contributed by atoms with E-state index in [9.17, 15) is 9.90 Å². The summed E-state index contributed by atoms with van der Waals surface area (Å²) in [5, 5.41) is 21.4. The van der Waals surface area contributed by atoms with Crippen LogP contribution < -0.4 is 5.32 Å². The Bertz CT molecular complexity index is 581. The van der Waals surface area contributed by atoms with Gasteiger partial charge in [-0.25, -0.2) is 0 Å². The molecule has 20 heavy (non-hydrogen) atoms. The summed E-state index contributed by atoms with van der Waals surface area (Å²) in [6, 6.07) is 6.79. The maximum absolute atomic E-state index is 11.8. The van der Waals surface area contributed by atoms with Gasteiger partial charge in [0.15, 0.2) is 0 Å². The van der Waals surface area contributed by atoms with Gasteiger partial charge < -0.3 is 10.4 Å². The van der Waals surface area contributed by atoms with E-state index in [4.69, 9.17) is 5.26 Å². The van der Waals surface area contributed by atoms with Crippen molar-refractivity contribution in [1.82, 2.24) is 5.32 Å². The zero-order chi connectivity index (χ0) is 15.1. The first-order chi connectivity index (χ1) is 9.47. The molecule has 0 fully saturated rings. The average molecular weight is 270 g/mol. The van der Waals surface area contributed by atoms with Crippen LogP contribution in [0.15, 0.2) is 36.4 Å². The predicted molar refractivity (Wildman–Crippen MR) is 78.9 cm³/mol. The van der Waals surface area contributed by atoms with E-state index in [-0.39, 0.29) is 17.4 Å². The van der Waals surface area contributed by atoms with Crippen molar-refractivity contribution >= 4 is 12.0 Å². The molecule has 104 valence electrons. The number of hydrogen-bond donors (Lipinski definition) is 2. The maximum atomic E-state index is 11.8. The number of rotatable bonds is 5. The number of nitrogens with zero attached hydrogens (tertiary/aromatic N) is 1. The number of nitrogens with one attached hydrogen (secondary N) is 1. The Morgan fingerprint density at radius 1 is 1.55 bits per heavy atom. The van der Waals surface area contributed by atoms with Gasteiger partial charge in [-0.05, 0) is 49.6 Å². The van der Waals surface area contributed by atoms with E-state index in [1.54, 1.807) is 24.3 Å². The molecule has 0 atom stereocenters. The third kappa shape index (κ3) is 4.29. The molecule has 1 amide bonds. The van der Waals surface area contributed by atoms with Gasteiger partial charge in [-0.3, -0.25) is 4.79 Å². The first kappa shape index (κ1) is 15.5. The molecule has 0 aliphatic carbocycles. The highest BCUT2D eigenvalue weighted by molar-refractivity contribution is 6.01. The summed E-state index contributed by atoms with van der Waals surface area (Å²) >= 11 is 0. The van der Waals surface area contributed by atoms with Gasteiger partial charge in [0.05, 0.1) is 0 Å². The number of phenols is 1. The Labute approximate surface area is 119 Å². The van der Waals surface area contributed by atoms with Crippen LogP contribution in [0.2, 0.25) is 0 Å². The summed E-state index contributed by atoms with van der Waals surface area (Å²) in [5.74, 6) is -0.229. The Hall–Kier alpha value is -2.54. The molecular formula is C16H18N2O2. The van der Waals surface area contributed by atoms with Crippen molar-refractivity contribution in [2.75, 3.05) is 0 Å². The van der Waals surface area contributed by atoms with Crippen LogP contribution >= 0.6 is 0 Å². The normalized spacial score (nSPS) is 11.0. The van der Waals surface area contributed by atoms with Crippen LogP contribution in [0.4, 0.5) is 0 Å². The average Bonchev–Trinajstić information content (AvgIpc) is 2.38. The number of phenolic OH excluding ortho intramolecular Hbond substituents is 1. The molecule has 4 heteroatoms. The lowest BCUT2D eigenvalue weighted by atomic mass is 10.0. The number of allylic oxidation sites excluding steroid dienone is 1. The standard InChI is InChI=1S/C16H18N2O2/c1-4-5-13-8-12(6-7-15(13)19)9-14(10-17)16(20)18-11(2)3/h4,6-9,11,19H,1,5H2,2-3H3,(H,18,20)/b14-9-. The molecule has 0 spiro atoms. The van der Waals surface area contributed by atoms with Gasteiger partial charge in [-0.15, -0.1) is 6.58 Å². The van der Waals surface area contributed by atoms with Gasteiger partial charge in [-0.1, -0.05) is 12.1 Å². The Morgan fingerprint density at radius 2 is 2.25 bits per heavy atom. The molecule has 0 heterocycles. The van der Waals surface area contributed by atoms with E-state index < -0.39 is 5.91 Å². The van der Waals surface area contributed by atoms with Crippen LogP contribution in [-0.2, 0) is 11.2 Å². The van der Waals surface area contributed by atoms with Crippen molar-refractivity contribution in [1.29, 1.82) is 5.26 Å². The highest BCUT2D eigenvalue weighted by atomic mass is 16.3. The number of benzene rings is 1. The van der Waals surface area contributed by atoms with E-state index in [1.807, 2.05) is 19.9 Å². The SMILES string of the molecule is C=CCc1cc(/C=C(/C#N)C(=O)NC(C)C)ccc1O. The lowest BCUT2D eigenvalue weighted by Gasteiger charge is -2.07. The van der Waals surface area contributed by atoms with Gasteiger partial charge in [0.25, 0.3) is 5.91 Å². The Morgan fingerprint density at radius 3 is 2.80 bits per heavy atom. The van der Waals surface area contributed by atoms with Crippen molar-refractivity contribution < 1.29 is 9.90 Å². The van der Waals surface area contributed by atoms with Gasteiger partial charge in [-0.2, -0.15) is 5.26 Å². The molecule has 0 aliphatic heterocycles. The van der Waals surface area contributed by atoms with E-state index in [0.717, 1.165) is 0 Å². The largest absolute Gasteiger partial charge is 0.508 e. The number of carbonyl (C=O) groups excluding carboxylic acids is 1. The summed E-state index contributed by atoms with van der Waals surface area (Å²) in [5.41, 5.74) is 1.43. The monoisotopic (exact) mass is 270 g/mol. The second-order valence-corrected chi connectivity index (χ2v) is 4.68. The number of nitriles is 1. The fraction of sp³-hybridized carbons (Fsp3) is 0.250. The summed E-state index contributed by atoms with van der Waals surface area (Å²) < 4.78 is 0. The lowest BCUT2D eigenvalue weighted by molar-refractivity contribution is -0.117. The van der Waals surface area contributed by atoms with Gasteiger partial charge in [0, 0.05) is 6.04 Å². The molecule has 0 saturated heterocycles. The van der Waals surface area contributed by atoms with Crippen LogP contribution in [0.1, 0.15) is 25.0 Å². The molecule has 2 N–H and O–H groups in total. The first-order valence-electron chi connectivity index (χ1n) is 6.33. The minimum atomic E-state index is -0.402. The molecule has 0 unspecified atom stereocenters. The highest BCUT2D eigenvalue weighted by Gasteiger charge is 2.10. The molecule has 1 aromatic rings. The topological polar surface area (TPSA) is 73.1 Å². The summed E-state index contributed by atoms with van der Waals surface area (Å²) in [6.07, 6.45) is 3.70. The predicted octanol–water partition coefficient (Wildman–Crippen LogP) is 2.55. The second kappa shape index (κ2) is 7.15. The zero-order valence-electron chi connectivity index (χ0n) is 11.7. The fourth-order valence-corrected chi connectivity index (χ4v) is 1.67. The smallest absolute Gasteiger partial charge is 0.262 e. The second-order valence-electron chi connectivity index (χ2n) is 4.68. The number of hydrogen-bond acceptors (Lipinski definition) is 3. The molecular weight excluding hydrogens is 252 g/mol. The molecule has 0 bridgehead atoms. The first-order valence-corrected chi connectivity index (χ1v) is 6.33. The molecule has 0 aliphatic rings. The van der Waals surface area contributed by atoms with Gasteiger partial charge >= 0.3 is 0 Å². The summed E-state index contributed by atoms with van der Waals surface area (Å²) in [6.45, 7) is 7.28. The highest BCUT2D eigenvalue weighted by Crippen LogP contribution is 2.20. The van der Waals surface area contributed by atoms with Crippen LogP contribution in [0.3, 0.4) is 0 Å². The van der Waals surface area contributed by atoms with Crippen LogP contribution in [0.25, 0.3) is 6.08 Å². The van der Waals surface area contributed by atoms with Crippen molar-refractivity contribution in [3.8, 4) is 11.8 Å². The Kier molecular flexibility index (Phi) is 5.55. The third-order valence-electron chi connectivity index (χ3n) is 2.56. The van der Waals surface area contributed by atoms with Crippen LogP contribution in [0.5, 0.6) is 5.75 Å². The molecule has 0 aromatic heterocycles. The molecule has 0 radical (unpaired) electrons.